The number of aromatic nitrogens is 1. The molecule has 1 aromatic carbocycles. The fourth-order valence-corrected chi connectivity index (χ4v) is 6.22. The first-order chi connectivity index (χ1) is 18.8. The molecule has 0 aliphatic carbocycles. The molecule has 4 rings (SSSR count). The van der Waals surface area contributed by atoms with E-state index < -0.39 is 23.2 Å². The number of pyridine rings is 1. The van der Waals surface area contributed by atoms with Crippen LogP contribution in [0.4, 0.5) is 19.0 Å². The number of benzene rings is 1. The van der Waals surface area contributed by atoms with Gasteiger partial charge in [0, 0.05) is 50.3 Å². The Labute approximate surface area is 245 Å². The summed E-state index contributed by atoms with van der Waals surface area (Å²) < 4.78 is 42.4. The Balaban J connectivity index is 1.30. The lowest BCUT2D eigenvalue weighted by Crippen LogP contribution is -2.57. The quantitative estimate of drug-likeness (QED) is 0.421. The lowest BCUT2D eigenvalue weighted by atomic mass is 9.82. The molecule has 0 saturated carbocycles. The highest BCUT2D eigenvalue weighted by Gasteiger charge is 2.62. The fourth-order valence-electron chi connectivity index (χ4n) is 5.59. The Kier molecular flexibility index (Phi) is 9.36. The first-order valence-corrected chi connectivity index (χ1v) is 14.5. The van der Waals surface area contributed by atoms with Gasteiger partial charge >= 0.3 is 6.18 Å². The number of alkyl halides is 3. The second-order valence-corrected chi connectivity index (χ2v) is 12.1. The number of carbonyl (C=O) groups is 2. The van der Waals surface area contributed by atoms with Crippen molar-refractivity contribution < 1.29 is 27.9 Å². The summed E-state index contributed by atoms with van der Waals surface area (Å²) in [4.78, 5) is 34.5. The molecule has 12 heteroatoms. The highest BCUT2D eigenvalue weighted by molar-refractivity contribution is 9.10. The highest BCUT2D eigenvalue weighted by atomic mass is 79.9. The maximum absolute atomic E-state index is 14.0. The van der Waals surface area contributed by atoms with Crippen LogP contribution in [0.15, 0.2) is 40.9 Å². The molecule has 40 heavy (non-hydrogen) atoms. The zero-order valence-electron chi connectivity index (χ0n) is 22.4. The zero-order valence-corrected chi connectivity index (χ0v) is 24.8. The molecule has 218 valence electrons. The van der Waals surface area contributed by atoms with Crippen LogP contribution in [0.3, 0.4) is 0 Å². The third kappa shape index (κ3) is 6.41. The Bertz CT molecular complexity index is 1230. The molecule has 2 fully saturated rings. The first-order valence-electron chi connectivity index (χ1n) is 13.3. The maximum Gasteiger partial charge on any atom is 0.430 e. The molecule has 1 N–H and O–H groups in total. The van der Waals surface area contributed by atoms with Crippen LogP contribution in [0.5, 0.6) is 0 Å². The average molecular weight is 646 g/mol. The minimum atomic E-state index is -5.16. The predicted octanol–water partition coefficient (Wildman–Crippen LogP) is 5.49. The van der Waals surface area contributed by atoms with Crippen LogP contribution >= 0.6 is 27.5 Å². The summed E-state index contributed by atoms with van der Waals surface area (Å²) in [6.45, 7) is 1.93. The van der Waals surface area contributed by atoms with Crippen molar-refractivity contribution in [1.82, 2.24) is 14.8 Å². The molecule has 0 spiro atoms. The average Bonchev–Trinajstić information content (AvgIpc) is 2.92. The van der Waals surface area contributed by atoms with E-state index in [1.807, 2.05) is 6.07 Å². The van der Waals surface area contributed by atoms with Crippen LogP contribution in [-0.4, -0.2) is 78.2 Å². The smallest absolute Gasteiger partial charge is 0.369 e. The van der Waals surface area contributed by atoms with Gasteiger partial charge in [-0.1, -0.05) is 39.7 Å². The molecule has 2 saturated heterocycles. The summed E-state index contributed by atoms with van der Waals surface area (Å²) >= 11 is 9.41. The summed E-state index contributed by atoms with van der Waals surface area (Å²) in [5.41, 5.74) is -3.73. The van der Waals surface area contributed by atoms with Gasteiger partial charge in [0.25, 0.3) is 17.4 Å². The molecule has 3 heterocycles. The standard InChI is InChI=1S/C28H33BrClF3N4O3/c1-35(2)25(38)22-6-7-23(34-24(22)30)36-12-8-18(9-13-36)16-19-10-14-37(15-11-19)26(39)27(40,28(31,32)33)20-4-3-5-21(29)17-20/h3-7,17-19,40H,8-16H2,1-2H3/t27-/m0/s1. The monoisotopic (exact) mass is 644 g/mol. The topological polar surface area (TPSA) is 77.0 Å². The van der Waals surface area contributed by atoms with Crippen LogP contribution in [-0.2, 0) is 10.4 Å². The van der Waals surface area contributed by atoms with Gasteiger partial charge in [-0.15, -0.1) is 0 Å². The SMILES string of the molecule is CN(C)C(=O)c1ccc(N2CCC(CC3CCN(C(=O)[C@@](O)(c4cccc(Br)c4)C(F)(F)F)CC3)CC2)nc1Cl. The molecule has 2 aliphatic rings. The number of carbonyl (C=O) groups excluding carboxylic acids is 2. The number of rotatable bonds is 6. The van der Waals surface area contributed by atoms with E-state index in [0.29, 0.717) is 34.7 Å². The lowest BCUT2D eigenvalue weighted by Gasteiger charge is -2.40. The minimum Gasteiger partial charge on any atom is -0.369 e. The van der Waals surface area contributed by atoms with Gasteiger partial charge in [0.15, 0.2) is 0 Å². The second kappa shape index (κ2) is 12.2. The van der Waals surface area contributed by atoms with Crippen molar-refractivity contribution in [2.75, 3.05) is 45.2 Å². The summed E-state index contributed by atoms with van der Waals surface area (Å²) in [7, 11) is 3.32. The third-order valence-electron chi connectivity index (χ3n) is 7.94. The predicted molar refractivity (Wildman–Crippen MR) is 150 cm³/mol. The van der Waals surface area contributed by atoms with Crippen LogP contribution in [0, 0.1) is 11.8 Å². The summed E-state index contributed by atoms with van der Waals surface area (Å²) in [6, 6.07) is 8.67. The number of hydrogen-bond donors (Lipinski definition) is 1. The molecule has 0 bridgehead atoms. The number of piperidine rings is 2. The van der Waals surface area contributed by atoms with E-state index in [1.165, 1.54) is 17.0 Å². The third-order valence-corrected chi connectivity index (χ3v) is 8.72. The normalized spacial score (nSPS) is 18.9. The van der Waals surface area contributed by atoms with Crippen molar-refractivity contribution in [2.24, 2.45) is 11.8 Å². The maximum atomic E-state index is 14.0. The Hall–Kier alpha value is -2.37. The first kappa shape index (κ1) is 30.6. The largest absolute Gasteiger partial charge is 0.430 e. The number of likely N-dealkylation sites (tertiary alicyclic amines) is 1. The molecule has 1 aromatic heterocycles. The van der Waals surface area contributed by atoms with Gasteiger partial charge in [-0.3, -0.25) is 9.59 Å². The van der Waals surface area contributed by atoms with Crippen LogP contribution < -0.4 is 4.90 Å². The van der Waals surface area contributed by atoms with Crippen molar-refractivity contribution in [1.29, 1.82) is 0 Å². The van der Waals surface area contributed by atoms with Gasteiger partial charge in [-0.05, 0) is 68.2 Å². The van der Waals surface area contributed by atoms with Crippen molar-refractivity contribution in [3.63, 3.8) is 0 Å². The molecular formula is C28H33BrClF3N4O3. The molecule has 2 aromatic rings. The number of halogens is 5. The summed E-state index contributed by atoms with van der Waals surface area (Å²) in [5, 5.41) is 10.9. The van der Waals surface area contributed by atoms with Crippen molar-refractivity contribution in [2.45, 2.75) is 43.9 Å². The van der Waals surface area contributed by atoms with E-state index in [-0.39, 0.29) is 24.1 Å². The van der Waals surface area contributed by atoms with Crippen molar-refractivity contribution in [3.8, 4) is 0 Å². The second-order valence-electron chi connectivity index (χ2n) is 10.8. The van der Waals surface area contributed by atoms with Crippen LogP contribution in [0.25, 0.3) is 0 Å². The molecule has 2 aliphatic heterocycles. The molecule has 2 amide bonds. The van der Waals surface area contributed by atoms with E-state index in [0.717, 1.165) is 55.2 Å². The Morgan fingerprint density at radius 3 is 2.17 bits per heavy atom. The molecular weight excluding hydrogens is 613 g/mol. The Morgan fingerprint density at radius 2 is 1.65 bits per heavy atom. The van der Waals surface area contributed by atoms with Crippen molar-refractivity contribution >= 4 is 45.2 Å². The number of amides is 2. The van der Waals surface area contributed by atoms with Gasteiger partial charge in [-0.25, -0.2) is 4.98 Å². The van der Waals surface area contributed by atoms with E-state index in [4.69, 9.17) is 11.6 Å². The van der Waals surface area contributed by atoms with Crippen molar-refractivity contribution in [3.05, 3.63) is 57.2 Å². The van der Waals surface area contributed by atoms with Gasteiger partial charge < -0.3 is 19.8 Å². The number of aliphatic hydroxyl groups is 1. The molecule has 1 atom stereocenters. The fraction of sp³-hybridized carbons (Fsp3) is 0.536. The number of nitrogens with zero attached hydrogens (tertiary/aromatic N) is 4. The number of hydrogen-bond acceptors (Lipinski definition) is 5. The molecule has 0 radical (unpaired) electrons. The molecule has 7 nitrogen and oxygen atoms in total. The van der Waals surface area contributed by atoms with E-state index in [9.17, 15) is 27.9 Å². The number of anilines is 1. The van der Waals surface area contributed by atoms with Crippen LogP contribution in [0.1, 0.15) is 48.0 Å². The van der Waals surface area contributed by atoms with E-state index in [1.54, 1.807) is 20.2 Å². The Morgan fingerprint density at radius 1 is 1.05 bits per heavy atom. The van der Waals surface area contributed by atoms with E-state index >= 15 is 0 Å². The van der Waals surface area contributed by atoms with E-state index in [2.05, 4.69) is 25.8 Å². The highest BCUT2D eigenvalue weighted by Crippen LogP contribution is 2.42. The van der Waals surface area contributed by atoms with Gasteiger partial charge in [0.2, 0.25) is 0 Å². The van der Waals surface area contributed by atoms with Gasteiger partial charge in [0.1, 0.15) is 11.0 Å². The summed E-state index contributed by atoms with van der Waals surface area (Å²) in [6.07, 6.45) is -1.15. The van der Waals surface area contributed by atoms with Crippen LogP contribution in [0.2, 0.25) is 5.15 Å². The summed E-state index contributed by atoms with van der Waals surface area (Å²) in [5.74, 6) is -0.0362. The minimum absolute atomic E-state index is 0.176. The lowest BCUT2D eigenvalue weighted by molar-refractivity contribution is -0.262. The zero-order chi connectivity index (χ0) is 29.2. The van der Waals surface area contributed by atoms with Gasteiger partial charge in [-0.2, -0.15) is 13.2 Å². The molecule has 0 unspecified atom stereocenters. The van der Waals surface area contributed by atoms with Gasteiger partial charge in [0.05, 0.1) is 5.56 Å².